The summed E-state index contributed by atoms with van der Waals surface area (Å²) in [5.41, 5.74) is 0.953. The summed E-state index contributed by atoms with van der Waals surface area (Å²) >= 11 is 3.47. The summed E-state index contributed by atoms with van der Waals surface area (Å²) < 4.78 is 6.91. The molecule has 0 saturated carbocycles. The number of para-hydroxylation sites is 1. The Hall–Kier alpha value is -1.56. The number of benzene rings is 2. The Bertz CT molecular complexity index is 708. The summed E-state index contributed by atoms with van der Waals surface area (Å²) in [7, 11) is 0. The molecule has 2 N–H and O–H groups in total. The third-order valence-corrected chi connectivity index (χ3v) is 4.88. The number of rotatable bonds is 6. The molecule has 25 heavy (non-hydrogen) atoms. The molecule has 0 aliphatic carbocycles. The van der Waals surface area contributed by atoms with Crippen LogP contribution in [-0.2, 0) is 11.3 Å². The quantitative estimate of drug-likeness (QED) is 0.731. The molecular formula is C19H22BrClN2O2. The van der Waals surface area contributed by atoms with Gasteiger partial charge in [0, 0.05) is 22.5 Å². The maximum Gasteiger partial charge on any atom is 0.223 e. The molecule has 1 heterocycles. The molecule has 0 spiro atoms. The van der Waals surface area contributed by atoms with E-state index in [1.165, 1.54) is 0 Å². The smallest absolute Gasteiger partial charge is 0.223 e. The summed E-state index contributed by atoms with van der Waals surface area (Å²) in [5, 5.41) is 6.24. The van der Waals surface area contributed by atoms with E-state index in [4.69, 9.17) is 4.74 Å². The van der Waals surface area contributed by atoms with E-state index < -0.39 is 0 Å². The average Bonchev–Trinajstić information content (AvgIpc) is 2.53. The summed E-state index contributed by atoms with van der Waals surface area (Å²) in [4.78, 5) is 12.3. The minimum absolute atomic E-state index is 0. The van der Waals surface area contributed by atoms with Crippen LogP contribution in [0.15, 0.2) is 53.0 Å². The molecule has 1 fully saturated rings. The second-order valence-electron chi connectivity index (χ2n) is 6.09. The summed E-state index contributed by atoms with van der Waals surface area (Å²) in [6.45, 7) is 4.30. The molecule has 1 saturated heterocycles. The van der Waals surface area contributed by atoms with Gasteiger partial charge in [0.15, 0.2) is 0 Å². The molecule has 1 unspecified atom stereocenters. The van der Waals surface area contributed by atoms with Crippen molar-refractivity contribution >= 4 is 34.2 Å². The lowest BCUT2D eigenvalue weighted by atomic mass is 9.88. The SMILES string of the molecule is CC(C(=O)NCc1ccc(Br)cc1Oc1ccccc1)C1CNC1.Cl. The van der Waals surface area contributed by atoms with Gasteiger partial charge in [-0.15, -0.1) is 12.4 Å². The minimum Gasteiger partial charge on any atom is -0.457 e. The zero-order valence-corrected chi connectivity index (χ0v) is 16.4. The van der Waals surface area contributed by atoms with E-state index in [9.17, 15) is 4.79 Å². The van der Waals surface area contributed by atoms with Crippen LogP contribution < -0.4 is 15.4 Å². The molecule has 6 heteroatoms. The number of carbonyl (C=O) groups excluding carboxylic acids is 1. The molecule has 1 amide bonds. The van der Waals surface area contributed by atoms with Crippen LogP contribution in [0.4, 0.5) is 0 Å². The first kappa shape index (κ1) is 19.8. The van der Waals surface area contributed by atoms with Gasteiger partial charge in [0.2, 0.25) is 5.91 Å². The topological polar surface area (TPSA) is 50.4 Å². The molecule has 134 valence electrons. The lowest BCUT2D eigenvalue weighted by Crippen LogP contribution is -2.49. The highest BCUT2D eigenvalue weighted by Crippen LogP contribution is 2.28. The molecular weight excluding hydrogens is 404 g/mol. The molecule has 1 aliphatic rings. The Morgan fingerprint density at radius 3 is 2.64 bits per heavy atom. The first-order valence-corrected chi connectivity index (χ1v) is 8.92. The van der Waals surface area contributed by atoms with Crippen LogP contribution in [0.1, 0.15) is 12.5 Å². The van der Waals surface area contributed by atoms with Crippen molar-refractivity contribution in [3.05, 3.63) is 58.6 Å². The van der Waals surface area contributed by atoms with Crippen molar-refractivity contribution in [2.24, 2.45) is 11.8 Å². The van der Waals surface area contributed by atoms with E-state index >= 15 is 0 Å². The van der Waals surface area contributed by atoms with E-state index in [1.807, 2.05) is 55.5 Å². The average molecular weight is 426 g/mol. The fourth-order valence-electron chi connectivity index (χ4n) is 2.61. The first-order valence-electron chi connectivity index (χ1n) is 8.13. The number of hydrogen-bond acceptors (Lipinski definition) is 3. The van der Waals surface area contributed by atoms with E-state index in [0.717, 1.165) is 34.6 Å². The molecule has 2 aromatic rings. The highest BCUT2D eigenvalue weighted by atomic mass is 79.9. The highest BCUT2D eigenvalue weighted by Gasteiger charge is 2.28. The van der Waals surface area contributed by atoms with Crippen LogP contribution in [0.25, 0.3) is 0 Å². The van der Waals surface area contributed by atoms with Crippen molar-refractivity contribution in [3.63, 3.8) is 0 Å². The van der Waals surface area contributed by atoms with Gasteiger partial charge in [-0.3, -0.25) is 4.79 Å². The minimum atomic E-state index is 0. The van der Waals surface area contributed by atoms with Gasteiger partial charge in [-0.2, -0.15) is 0 Å². The molecule has 4 nitrogen and oxygen atoms in total. The van der Waals surface area contributed by atoms with E-state index in [-0.39, 0.29) is 24.2 Å². The van der Waals surface area contributed by atoms with Crippen LogP contribution in [-0.4, -0.2) is 19.0 Å². The lowest BCUT2D eigenvalue weighted by molar-refractivity contribution is -0.126. The third-order valence-electron chi connectivity index (χ3n) is 4.39. The monoisotopic (exact) mass is 424 g/mol. The number of nitrogens with one attached hydrogen (secondary N) is 2. The van der Waals surface area contributed by atoms with Crippen LogP contribution in [0, 0.1) is 11.8 Å². The predicted molar refractivity (Wildman–Crippen MR) is 105 cm³/mol. The van der Waals surface area contributed by atoms with Crippen LogP contribution >= 0.6 is 28.3 Å². The fourth-order valence-corrected chi connectivity index (χ4v) is 2.95. The third kappa shape index (κ3) is 5.21. The van der Waals surface area contributed by atoms with Crippen molar-refractivity contribution in [1.82, 2.24) is 10.6 Å². The van der Waals surface area contributed by atoms with Gasteiger partial charge < -0.3 is 15.4 Å². The van der Waals surface area contributed by atoms with Crippen LogP contribution in [0.5, 0.6) is 11.5 Å². The molecule has 3 rings (SSSR count). The number of hydrogen-bond donors (Lipinski definition) is 2. The second-order valence-corrected chi connectivity index (χ2v) is 7.01. The van der Waals surface area contributed by atoms with Gasteiger partial charge in [-0.05, 0) is 43.3 Å². The van der Waals surface area contributed by atoms with Gasteiger partial charge in [-0.1, -0.05) is 47.1 Å². The summed E-state index contributed by atoms with van der Waals surface area (Å²) in [6.07, 6.45) is 0. The largest absolute Gasteiger partial charge is 0.457 e. The standard InChI is InChI=1S/C19H21BrN2O2.ClH/c1-13(15-10-21-11-15)19(23)22-12-14-7-8-16(20)9-18(14)24-17-5-3-2-4-6-17;/h2-9,13,15,21H,10-12H2,1H3,(H,22,23);1H. The van der Waals surface area contributed by atoms with Crippen molar-refractivity contribution < 1.29 is 9.53 Å². The van der Waals surface area contributed by atoms with Crippen molar-refractivity contribution in [1.29, 1.82) is 0 Å². The van der Waals surface area contributed by atoms with Crippen LogP contribution in [0.2, 0.25) is 0 Å². The number of halogens is 2. The molecule has 1 atom stereocenters. The Morgan fingerprint density at radius 1 is 1.28 bits per heavy atom. The molecule has 1 aliphatic heterocycles. The molecule has 0 bridgehead atoms. The maximum atomic E-state index is 12.3. The zero-order valence-electron chi connectivity index (χ0n) is 14.0. The van der Waals surface area contributed by atoms with Crippen molar-refractivity contribution in [2.45, 2.75) is 13.5 Å². The summed E-state index contributed by atoms with van der Waals surface area (Å²) in [6, 6.07) is 15.5. The number of amides is 1. The number of ether oxygens (including phenoxy) is 1. The first-order chi connectivity index (χ1) is 11.6. The number of carbonyl (C=O) groups is 1. The van der Waals surface area contributed by atoms with Crippen LogP contribution in [0.3, 0.4) is 0 Å². The Balaban J connectivity index is 0.00000225. The van der Waals surface area contributed by atoms with Gasteiger partial charge in [0.1, 0.15) is 11.5 Å². The molecule has 0 radical (unpaired) electrons. The van der Waals surface area contributed by atoms with Crippen molar-refractivity contribution in [3.8, 4) is 11.5 Å². The Kier molecular flexibility index (Phi) is 7.29. The normalized spacial score (nSPS) is 14.8. The van der Waals surface area contributed by atoms with Gasteiger partial charge in [-0.25, -0.2) is 0 Å². The Labute approximate surface area is 162 Å². The van der Waals surface area contributed by atoms with Gasteiger partial charge >= 0.3 is 0 Å². The molecule has 0 aromatic heterocycles. The van der Waals surface area contributed by atoms with E-state index in [0.29, 0.717) is 12.5 Å². The second kappa shape index (κ2) is 9.22. The van der Waals surface area contributed by atoms with E-state index in [1.54, 1.807) is 0 Å². The van der Waals surface area contributed by atoms with Gasteiger partial charge in [0.05, 0.1) is 0 Å². The van der Waals surface area contributed by atoms with Gasteiger partial charge in [0.25, 0.3) is 0 Å². The molecule has 2 aromatic carbocycles. The van der Waals surface area contributed by atoms with E-state index in [2.05, 4.69) is 26.6 Å². The highest BCUT2D eigenvalue weighted by molar-refractivity contribution is 9.10. The summed E-state index contributed by atoms with van der Waals surface area (Å²) in [5.74, 6) is 2.08. The predicted octanol–water partition coefficient (Wildman–Crippen LogP) is 4.13. The maximum absolute atomic E-state index is 12.3. The Morgan fingerprint density at radius 2 is 2.00 bits per heavy atom. The zero-order chi connectivity index (χ0) is 16.9. The fraction of sp³-hybridized carbons (Fsp3) is 0.316. The lowest BCUT2D eigenvalue weighted by Gasteiger charge is -2.31. The van der Waals surface area contributed by atoms with Crippen molar-refractivity contribution in [2.75, 3.05) is 13.1 Å².